The van der Waals surface area contributed by atoms with Crippen molar-refractivity contribution in [1.82, 2.24) is 9.80 Å². The van der Waals surface area contributed by atoms with Crippen LogP contribution >= 0.6 is 23.8 Å². The Morgan fingerprint density at radius 2 is 1.60 bits per heavy atom. The Morgan fingerprint density at radius 3 is 2.28 bits per heavy atom. The van der Waals surface area contributed by atoms with Gasteiger partial charge in [-0.1, -0.05) is 41.9 Å². The molecule has 4 nitrogen and oxygen atoms in total. The average molecular weight is 374 g/mol. The van der Waals surface area contributed by atoms with Gasteiger partial charge in [-0.25, -0.2) is 0 Å². The highest BCUT2D eigenvalue weighted by Gasteiger charge is 2.24. The predicted octanol–water partition coefficient (Wildman–Crippen LogP) is 3.80. The minimum atomic E-state index is -0.0250. The van der Waals surface area contributed by atoms with Gasteiger partial charge in [0.1, 0.15) is 0 Å². The van der Waals surface area contributed by atoms with Crippen molar-refractivity contribution in [3.8, 4) is 0 Å². The number of piperazine rings is 1. The summed E-state index contributed by atoms with van der Waals surface area (Å²) in [5.41, 5.74) is 2.72. The smallest absolute Gasteiger partial charge is 0.255 e. The second-order valence-electron chi connectivity index (χ2n) is 6.00. The van der Waals surface area contributed by atoms with Crippen LogP contribution in [0.15, 0.2) is 48.5 Å². The van der Waals surface area contributed by atoms with E-state index < -0.39 is 0 Å². The standard InChI is InChI=1S/C19H20ClN3OS/c1-14-6-2-5-9-17(14)21-19(25)23-12-10-22(11-13-23)18(24)15-7-3-4-8-16(15)20/h2-9H,10-13H2,1H3,(H,21,25). The highest BCUT2D eigenvalue weighted by molar-refractivity contribution is 7.80. The van der Waals surface area contributed by atoms with Crippen LogP contribution in [0.3, 0.4) is 0 Å². The number of thiocarbonyl (C=S) groups is 1. The lowest BCUT2D eigenvalue weighted by Gasteiger charge is -2.36. The number of nitrogens with one attached hydrogen (secondary N) is 1. The highest BCUT2D eigenvalue weighted by Crippen LogP contribution is 2.19. The molecular weight excluding hydrogens is 354 g/mol. The van der Waals surface area contributed by atoms with E-state index in [9.17, 15) is 4.79 Å². The summed E-state index contributed by atoms with van der Waals surface area (Å²) < 4.78 is 0. The van der Waals surface area contributed by atoms with Crippen molar-refractivity contribution in [2.75, 3.05) is 31.5 Å². The lowest BCUT2D eigenvalue weighted by Crippen LogP contribution is -2.51. The number of anilines is 1. The first-order valence-electron chi connectivity index (χ1n) is 8.21. The number of benzene rings is 2. The van der Waals surface area contributed by atoms with Gasteiger partial charge < -0.3 is 15.1 Å². The maximum atomic E-state index is 12.6. The molecule has 0 bridgehead atoms. The molecule has 3 rings (SSSR count). The number of nitrogens with zero attached hydrogens (tertiary/aromatic N) is 2. The second-order valence-corrected chi connectivity index (χ2v) is 6.80. The first kappa shape index (κ1) is 17.7. The molecule has 6 heteroatoms. The van der Waals surface area contributed by atoms with E-state index in [2.05, 4.69) is 10.2 Å². The summed E-state index contributed by atoms with van der Waals surface area (Å²) in [5.74, 6) is -0.0250. The van der Waals surface area contributed by atoms with Crippen molar-refractivity contribution in [3.05, 3.63) is 64.7 Å². The summed E-state index contributed by atoms with van der Waals surface area (Å²) in [6.45, 7) is 4.70. The van der Waals surface area contributed by atoms with Gasteiger partial charge in [-0.2, -0.15) is 0 Å². The number of amides is 1. The summed E-state index contributed by atoms with van der Waals surface area (Å²) in [7, 11) is 0. The zero-order chi connectivity index (χ0) is 17.8. The SMILES string of the molecule is Cc1ccccc1NC(=S)N1CCN(C(=O)c2ccccc2Cl)CC1. The average Bonchev–Trinajstić information content (AvgIpc) is 2.63. The molecule has 0 unspecified atom stereocenters. The van der Waals surface area contributed by atoms with Crippen molar-refractivity contribution in [2.45, 2.75) is 6.92 Å². The van der Waals surface area contributed by atoms with Gasteiger partial charge in [0.05, 0.1) is 10.6 Å². The molecule has 0 saturated carbocycles. The van der Waals surface area contributed by atoms with Gasteiger partial charge in [0.15, 0.2) is 5.11 Å². The molecule has 1 aliphatic rings. The number of hydrogen-bond acceptors (Lipinski definition) is 2. The number of hydrogen-bond donors (Lipinski definition) is 1. The predicted molar refractivity (Wildman–Crippen MR) is 106 cm³/mol. The molecule has 1 saturated heterocycles. The first-order valence-corrected chi connectivity index (χ1v) is 9.00. The van der Waals surface area contributed by atoms with E-state index >= 15 is 0 Å². The number of para-hydroxylation sites is 1. The lowest BCUT2D eigenvalue weighted by molar-refractivity contribution is 0.0693. The third-order valence-electron chi connectivity index (χ3n) is 4.35. The summed E-state index contributed by atoms with van der Waals surface area (Å²) in [6, 6.07) is 15.2. The summed E-state index contributed by atoms with van der Waals surface area (Å²) in [4.78, 5) is 16.5. The van der Waals surface area contributed by atoms with Crippen LogP contribution in [0.25, 0.3) is 0 Å². The molecule has 0 radical (unpaired) electrons. The van der Waals surface area contributed by atoms with Crippen LogP contribution in [0.2, 0.25) is 5.02 Å². The molecule has 1 amide bonds. The van der Waals surface area contributed by atoms with Gasteiger partial charge in [-0.05, 0) is 42.9 Å². The number of rotatable bonds is 2. The Balaban J connectivity index is 1.58. The number of carbonyl (C=O) groups is 1. The Hall–Kier alpha value is -2.11. The van der Waals surface area contributed by atoms with Crippen molar-refractivity contribution < 1.29 is 4.79 Å². The second kappa shape index (κ2) is 7.85. The van der Waals surface area contributed by atoms with Crippen LogP contribution < -0.4 is 5.32 Å². The van der Waals surface area contributed by atoms with Gasteiger partial charge >= 0.3 is 0 Å². The van der Waals surface area contributed by atoms with Gasteiger partial charge in [-0.15, -0.1) is 0 Å². The third kappa shape index (κ3) is 4.11. The molecular formula is C19H20ClN3OS. The van der Waals surface area contributed by atoms with Gasteiger partial charge in [-0.3, -0.25) is 4.79 Å². The monoisotopic (exact) mass is 373 g/mol. The first-order chi connectivity index (χ1) is 12.1. The quantitative estimate of drug-likeness (QED) is 0.812. The maximum absolute atomic E-state index is 12.6. The van der Waals surface area contributed by atoms with Gasteiger partial charge in [0.25, 0.3) is 5.91 Å². The summed E-state index contributed by atoms with van der Waals surface area (Å²) in [6.07, 6.45) is 0. The van der Waals surface area contributed by atoms with Crippen LogP contribution in [-0.4, -0.2) is 47.0 Å². The van der Waals surface area contributed by atoms with Crippen LogP contribution in [0.5, 0.6) is 0 Å². The molecule has 130 valence electrons. The van der Waals surface area contributed by atoms with Crippen molar-refractivity contribution >= 4 is 40.5 Å². The number of aryl methyl sites for hydroxylation is 1. The largest absolute Gasteiger partial charge is 0.345 e. The molecule has 0 atom stereocenters. The van der Waals surface area contributed by atoms with E-state index in [0.717, 1.165) is 11.3 Å². The molecule has 1 N–H and O–H groups in total. The molecule has 2 aromatic rings. The topological polar surface area (TPSA) is 35.6 Å². The molecule has 0 spiro atoms. The summed E-state index contributed by atoms with van der Waals surface area (Å²) >= 11 is 11.7. The highest BCUT2D eigenvalue weighted by atomic mass is 35.5. The van der Waals surface area contributed by atoms with Crippen LogP contribution in [0.4, 0.5) is 5.69 Å². The zero-order valence-corrected chi connectivity index (χ0v) is 15.6. The molecule has 0 aliphatic carbocycles. The number of carbonyl (C=O) groups excluding carboxylic acids is 1. The molecule has 1 heterocycles. The zero-order valence-electron chi connectivity index (χ0n) is 14.0. The Labute approximate surface area is 158 Å². The molecule has 1 aliphatic heterocycles. The maximum Gasteiger partial charge on any atom is 0.255 e. The van der Waals surface area contributed by atoms with E-state index in [0.29, 0.717) is 41.9 Å². The number of halogens is 1. The molecule has 2 aromatic carbocycles. The Kier molecular flexibility index (Phi) is 5.56. The Bertz CT molecular complexity index is 788. The summed E-state index contributed by atoms with van der Waals surface area (Å²) in [5, 5.41) is 4.48. The van der Waals surface area contributed by atoms with Crippen LogP contribution in [0.1, 0.15) is 15.9 Å². The fraction of sp³-hybridized carbons (Fsp3) is 0.263. The van der Waals surface area contributed by atoms with E-state index in [-0.39, 0.29) is 5.91 Å². The normalized spacial score (nSPS) is 14.3. The van der Waals surface area contributed by atoms with Crippen molar-refractivity contribution in [3.63, 3.8) is 0 Å². The van der Waals surface area contributed by atoms with Crippen LogP contribution in [0, 0.1) is 6.92 Å². The fourth-order valence-electron chi connectivity index (χ4n) is 2.83. The fourth-order valence-corrected chi connectivity index (χ4v) is 3.33. The third-order valence-corrected chi connectivity index (χ3v) is 5.03. The Morgan fingerprint density at radius 1 is 1.00 bits per heavy atom. The minimum absolute atomic E-state index is 0.0250. The van der Waals surface area contributed by atoms with Crippen LogP contribution in [-0.2, 0) is 0 Å². The van der Waals surface area contributed by atoms with Crippen molar-refractivity contribution in [1.29, 1.82) is 0 Å². The van der Waals surface area contributed by atoms with E-state index in [1.165, 1.54) is 0 Å². The minimum Gasteiger partial charge on any atom is -0.345 e. The van der Waals surface area contributed by atoms with E-state index in [1.54, 1.807) is 12.1 Å². The molecule has 0 aromatic heterocycles. The van der Waals surface area contributed by atoms with Gasteiger partial charge in [0.2, 0.25) is 0 Å². The lowest BCUT2D eigenvalue weighted by atomic mass is 10.2. The molecule has 25 heavy (non-hydrogen) atoms. The molecule has 1 fully saturated rings. The van der Waals surface area contributed by atoms with Gasteiger partial charge in [0, 0.05) is 31.9 Å². The van der Waals surface area contributed by atoms with E-state index in [1.807, 2.05) is 48.2 Å². The van der Waals surface area contributed by atoms with Crippen molar-refractivity contribution in [2.24, 2.45) is 0 Å². The van der Waals surface area contributed by atoms with E-state index in [4.69, 9.17) is 23.8 Å².